The Hall–Kier alpha value is -0.900. The number of sulfonamides is 1. The van der Waals surface area contributed by atoms with Crippen LogP contribution in [-0.2, 0) is 10.0 Å². The summed E-state index contributed by atoms with van der Waals surface area (Å²) in [5.74, 6) is 0. The predicted octanol–water partition coefficient (Wildman–Crippen LogP) is 0.903. The van der Waals surface area contributed by atoms with Gasteiger partial charge in [0.1, 0.15) is 0 Å². The summed E-state index contributed by atoms with van der Waals surface area (Å²) in [5, 5.41) is 0. The van der Waals surface area contributed by atoms with E-state index in [-0.39, 0.29) is 0 Å². The molecule has 0 amide bonds. The van der Waals surface area contributed by atoms with E-state index in [0.29, 0.717) is 12.1 Å². The van der Waals surface area contributed by atoms with Crippen molar-refractivity contribution in [2.45, 2.75) is 6.42 Å². The number of nitrogens with zero attached hydrogens (tertiary/aromatic N) is 1. The lowest BCUT2D eigenvalue weighted by Crippen LogP contribution is -2.00. The minimum atomic E-state index is -3.22. The van der Waals surface area contributed by atoms with Crippen molar-refractivity contribution in [3.63, 3.8) is 0 Å². The average molecular weight is 171 g/mol. The Kier molecular flexibility index (Phi) is 2.24. The predicted molar refractivity (Wildman–Crippen MR) is 45.2 cm³/mol. The number of allylic oxidation sites excluding steroid dienone is 4. The highest BCUT2D eigenvalue weighted by molar-refractivity contribution is 7.89. The molecule has 1 aliphatic rings. The number of hydrogen-bond acceptors (Lipinski definition) is 2. The van der Waals surface area contributed by atoms with Crippen LogP contribution in [0.1, 0.15) is 6.42 Å². The van der Waals surface area contributed by atoms with E-state index >= 15 is 0 Å². The third-order valence-corrected chi connectivity index (χ3v) is 1.71. The fraction of sp³-hybridized carbons (Fsp3) is 0.286. The van der Waals surface area contributed by atoms with Gasteiger partial charge in [-0.1, -0.05) is 18.2 Å². The van der Waals surface area contributed by atoms with Crippen LogP contribution in [-0.4, -0.2) is 20.4 Å². The molecule has 1 rings (SSSR count). The topological polar surface area (TPSA) is 46.5 Å². The van der Waals surface area contributed by atoms with E-state index in [9.17, 15) is 8.42 Å². The lowest BCUT2D eigenvalue weighted by Gasteiger charge is -1.98. The highest BCUT2D eigenvalue weighted by atomic mass is 32.2. The molecular weight excluding hydrogens is 162 g/mol. The van der Waals surface area contributed by atoms with Crippen molar-refractivity contribution in [1.29, 1.82) is 0 Å². The summed E-state index contributed by atoms with van der Waals surface area (Å²) >= 11 is 0. The van der Waals surface area contributed by atoms with Gasteiger partial charge in [-0.15, -0.1) is 0 Å². The van der Waals surface area contributed by atoms with Gasteiger partial charge in [0.05, 0.1) is 12.0 Å². The number of rotatable bonds is 1. The first-order valence-electron chi connectivity index (χ1n) is 3.20. The summed E-state index contributed by atoms with van der Waals surface area (Å²) < 4.78 is 24.8. The van der Waals surface area contributed by atoms with E-state index in [1.165, 1.54) is 0 Å². The highest BCUT2D eigenvalue weighted by Gasteiger charge is 2.00. The standard InChI is InChI=1S/C7H9NO2S/c1-11(9,10)8-7-5-3-2-4-6-7/h2-5H,6H2,1H3. The van der Waals surface area contributed by atoms with Gasteiger partial charge in [0.25, 0.3) is 0 Å². The first-order valence-corrected chi connectivity index (χ1v) is 5.05. The van der Waals surface area contributed by atoms with Crippen molar-refractivity contribution in [3.8, 4) is 0 Å². The van der Waals surface area contributed by atoms with Crippen molar-refractivity contribution in [1.82, 2.24) is 0 Å². The quantitative estimate of drug-likeness (QED) is 0.588. The molecule has 1 aliphatic carbocycles. The molecule has 0 heterocycles. The minimum Gasteiger partial charge on any atom is -0.205 e. The average Bonchev–Trinajstić information content (AvgIpc) is 1.85. The van der Waals surface area contributed by atoms with Gasteiger partial charge in [0, 0.05) is 6.42 Å². The largest absolute Gasteiger partial charge is 0.250 e. The van der Waals surface area contributed by atoms with Crippen molar-refractivity contribution < 1.29 is 8.42 Å². The van der Waals surface area contributed by atoms with Crippen molar-refractivity contribution >= 4 is 15.7 Å². The van der Waals surface area contributed by atoms with Crippen molar-refractivity contribution in [2.24, 2.45) is 4.40 Å². The Morgan fingerprint density at radius 1 is 1.45 bits per heavy atom. The molecule has 0 aromatic carbocycles. The summed E-state index contributed by atoms with van der Waals surface area (Å²) in [4.78, 5) is 0. The van der Waals surface area contributed by atoms with Gasteiger partial charge in [0.2, 0.25) is 10.0 Å². The van der Waals surface area contributed by atoms with E-state index in [1.807, 2.05) is 12.2 Å². The van der Waals surface area contributed by atoms with Crippen LogP contribution in [0.2, 0.25) is 0 Å². The van der Waals surface area contributed by atoms with Crippen LogP contribution < -0.4 is 0 Å². The molecule has 11 heavy (non-hydrogen) atoms. The second-order valence-electron chi connectivity index (χ2n) is 2.31. The zero-order valence-electron chi connectivity index (χ0n) is 6.19. The molecule has 0 aromatic rings. The zero-order chi connectivity index (χ0) is 8.32. The molecule has 4 heteroatoms. The van der Waals surface area contributed by atoms with E-state index in [4.69, 9.17) is 0 Å². The van der Waals surface area contributed by atoms with Gasteiger partial charge in [-0.05, 0) is 6.08 Å². The third kappa shape index (κ3) is 3.13. The Morgan fingerprint density at radius 2 is 2.18 bits per heavy atom. The SMILES string of the molecule is CS(=O)(=O)N=C1C=CC=CC1. The van der Waals surface area contributed by atoms with Gasteiger partial charge in [-0.25, -0.2) is 8.42 Å². The lowest BCUT2D eigenvalue weighted by molar-refractivity contribution is 0.603. The maximum Gasteiger partial charge on any atom is 0.250 e. The van der Waals surface area contributed by atoms with E-state index < -0.39 is 10.0 Å². The Balaban J connectivity index is 2.85. The van der Waals surface area contributed by atoms with Crippen molar-refractivity contribution in [2.75, 3.05) is 6.26 Å². The van der Waals surface area contributed by atoms with Crippen LogP contribution in [0.5, 0.6) is 0 Å². The molecule has 0 spiro atoms. The first-order chi connectivity index (χ1) is 5.08. The minimum absolute atomic E-state index is 0.593. The number of hydrogen-bond donors (Lipinski definition) is 0. The fourth-order valence-electron chi connectivity index (χ4n) is 0.783. The Morgan fingerprint density at radius 3 is 2.64 bits per heavy atom. The van der Waals surface area contributed by atoms with Gasteiger partial charge in [-0.2, -0.15) is 4.40 Å². The first kappa shape index (κ1) is 8.20. The van der Waals surface area contributed by atoms with Crippen LogP contribution in [0, 0.1) is 0 Å². The van der Waals surface area contributed by atoms with Crippen LogP contribution >= 0.6 is 0 Å². The fourth-order valence-corrected chi connectivity index (χ4v) is 1.34. The normalized spacial score (nSPS) is 21.0. The molecule has 3 nitrogen and oxygen atoms in total. The summed E-state index contributed by atoms with van der Waals surface area (Å²) in [6.07, 6.45) is 8.88. The molecular formula is C7H9NO2S. The molecule has 0 saturated heterocycles. The van der Waals surface area contributed by atoms with Gasteiger partial charge in [-0.3, -0.25) is 0 Å². The molecule has 0 aliphatic heterocycles. The lowest BCUT2D eigenvalue weighted by atomic mass is 10.2. The van der Waals surface area contributed by atoms with Crippen molar-refractivity contribution in [3.05, 3.63) is 24.3 Å². The van der Waals surface area contributed by atoms with E-state index in [2.05, 4.69) is 4.40 Å². The Labute approximate surface area is 66.2 Å². The summed E-state index contributed by atoms with van der Waals surface area (Å²) in [6, 6.07) is 0. The molecule has 0 fully saturated rings. The summed E-state index contributed by atoms with van der Waals surface area (Å²) in [6.45, 7) is 0. The van der Waals surface area contributed by atoms with Gasteiger partial charge < -0.3 is 0 Å². The molecule has 0 aromatic heterocycles. The van der Waals surface area contributed by atoms with E-state index in [1.54, 1.807) is 12.2 Å². The maximum atomic E-state index is 10.7. The molecule has 0 N–H and O–H groups in total. The maximum absolute atomic E-state index is 10.7. The van der Waals surface area contributed by atoms with Crippen LogP contribution in [0.15, 0.2) is 28.7 Å². The smallest absolute Gasteiger partial charge is 0.205 e. The second-order valence-corrected chi connectivity index (χ2v) is 3.96. The van der Waals surface area contributed by atoms with Crippen LogP contribution in [0.3, 0.4) is 0 Å². The third-order valence-electron chi connectivity index (χ3n) is 1.15. The van der Waals surface area contributed by atoms with Gasteiger partial charge >= 0.3 is 0 Å². The van der Waals surface area contributed by atoms with Crippen LogP contribution in [0.4, 0.5) is 0 Å². The highest BCUT2D eigenvalue weighted by Crippen LogP contribution is 2.01. The second kappa shape index (κ2) is 3.00. The van der Waals surface area contributed by atoms with E-state index in [0.717, 1.165) is 6.26 Å². The summed E-state index contributed by atoms with van der Waals surface area (Å²) in [7, 11) is -3.22. The molecule has 0 atom stereocenters. The molecule has 0 unspecified atom stereocenters. The zero-order valence-corrected chi connectivity index (χ0v) is 7.00. The van der Waals surface area contributed by atoms with Crippen LogP contribution in [0.25, 0.3) is 0 Å². The monoisotopic (exact) mass is 171 g/mol. The van der Waals surface area contributed by atoms with Gasteiger partial charge in [0.15, 0.2) is 0 Å². The summed E-state index contributed by atoms with van der Waals surface area (Å²) in [5.41, 5.74) is 0.593. The molecule has 0 bridgehead atoms. The molecule has 60 valence electrons. The Bertz CT molecular complexity index is 322. The molecule has 0 saturated carbocycles. The molecule has 0 radical (unpaired) electrons.